The third-order valence-electron chi connectivity index (χ3n) is 4.58. The maximum Gasteiger partial charge on any atom is 0.257 e. The molecule has 26 heavy (non-hydrogen) atoms. The Balaban J connectivity index is 1.78. The Labute approximate surface area is 152 Å². The number of carbonyl (C=O) groups excluding carboxylic acids is 1. The number of carbonyl (C=O) groups is 1. The van der Waals surface area contributed by atoms with Crippen LogP contribution in [0.4, 0.5) is 0 Å². The lowest BCUT2D eigenvalue weighted by Gasteiger charge is -2.21. The van der Waals surface area contributed by atoms with E-state index in [2.05, 4.69) is 5.16 Å². The van der Waals surface area contributed by atoms with E-state index >= 15 is 0 Å². The van der Waals surface area contributed by atoms with Crippen molar-refractivity contribution < 1.29 is 22.2 Å². The Morgan fingerprint density at radius 1 is 1.08 bits per heavy atom. The number of aromatic nitrogens is 1. The van der Waals surface area contributed by atoms with Crippen molar-refractivity contribution in [1.82, 2.24) is 14.4 Å². The monoisotopic (exact) mass is 381 g/mol. The van der Waals surface area contributed by atoms with Gasteiger partial charge in [-0.3, -0.25) is 4.79 Å². The van der Waals surface area contributed by atoms with Crippen molar-refractivity contribution in [2.45, 2.75) is 39.0 Å². The first-order valence-electron chi connectivity index (χ1n) is 8.51. The summed E-state index contributed by atoms with van der Waals surface area (Å²) in [5.41, 5.74) is 0.883. The summed E-state index contributed by atoms with van der Waals surface area (Å²) in [4.78, 5) is 14.6. The van der Waals surface area contributed by atoms with E-state index in [0.29, 0.717) is 48.8 Å². The summed E-state index contributed by atoms with van der Waals surface area (Å²) in [6, 6.07) is 1.72. The second-order valence-corrected chi connectivity index (χ2v) is 8.40. The van der Waals surface area contributed by atoms with Crippen molar-refractivity contribution in [2.24, 2.45) is 0 Å². The number of furan rings is 1. The lowest BCUT2D eigenvalue weighted by molar-refractivity contribution is 0.0762. The Hall–Kier alpha value is -2.13. The van der Waals surface area contributed by atoms with Gasteiger partial charge in [-0.1, -0.05) is 5.16 Å². The smallest absolute Gasteiger partial charge is 0.257 e. The summed E-state index contributed by atoms with van der Waals surface area (Å²) in [6.45, 7) is 8.15. The van der Waals surface area contributed by atoms with Gasteiger partial charge >= 0.3 is 0 Å². The van der Waals surface area contributed by atoms with Crippen LogP contribution in [0.5, 0.6) is 0 Å². The van der Waals surface area contributed by atoms with Crippen LogP contribution in [0.15, 0.2) is 19.9 Å². The minimum absolute atomic E-state index is 0.124. The molecular formula is C17H23N3O5S. The first-order valence-corrected chi connectivity index (χ1v) is 9.95. The van der Waals surface area contributed by atoms with Crippen molar-refractivity contribution in [3.8, 4) is 0 Å². The average Bonchev–Trinajstić information content (AvgIpc) is 2.96. The van der Waals surface area contributed by atoms with Gasteiger partial charge in [-0.25, -0.2) is 8.42 Å². The molecular weight excluding hydrogens is 358 g/mol. The number of amides is 1. The molecule has 0 N–H and O–H groups in total. The van der Waals surface area contributed by atoms with Crippen LogP contribution in [0.2, 0.25) is 0 Å². The molecule has 0 saturated carbocycles. The molecule has 1 aliphatic rings. The molecule has 9 heteroatoms. The van der Waals surface area contributed by atoms with Crippen LogP contribution in [0.25, 0.3) is 0 Å². The lowest BCUT2D eigenvalue weighted by Crippen LogP contribution is -2.37. The van der Waals surface area contributed by atoms with E-state index in [1.165, 1.54) is 4.31 Å². The number of sulfonamides is 1. The third kappa shape index (κ3) is 3.28. The van der Waals surface area contributed by atoms with Gasteiger partial charge in [0.1, 0.15) is 22.1 Å². The molecule has 2 aromatic heterocycles. The third-order valence-corrected chi connectivity index (χ3v) is 6.72. The Bertz CT molecular complexity index is 909. The summed E-state index contributed by atoms with van der Waals surface area (Å²) < 4.78 is 37.8. The Kier molecular flexibility index (Phi) is 4.94. The van der Waals surface area contributed by atoms with Crippen LogP contribution < -0.4 is 0 Å². The molecule has 2 aromatic rings. The highest BCUT2D eigenvalue weighted by molar-refractivity contribution is 7.89. The molecule has 8 nitrogen and oxygen atoms in total. The molecule has 0 aliphatic carbocycles. The van der Waals surface area contributed by atoms with Crippen LogP contribution in [0.3, 0.4) is 0 Å². The molecule has 0 aromatic carbocycles. The van der Waals surface area contributed by atoms with E-state index in [4.69, 9.17) is 8.94 Å². The summed E-state index contributed by atoms with van der Waals surface area (Å²) in [6.07, 6.45) is 0.560. The predicted molar refractivity (Wildman–Crippen MR) is 93.4 cm³/mol. The van der Waals surface area contributed by atoms with Gasteiger partial charge in [-0.2, -0.15) is 4.31 Å². The van der Waals surface area contributed by atoms with Crippen LogP contribution >= 0.6 is 0 Å². The molecule has 0 spiro atoms. The topological polar surface area (TPSA) is 96.9 Å². The molecule has 0 bridgehead atoms. The number of rotatable bonds is 3. The van der Waals surface area contributed by atoms with E-state index in [1.807, 2.05) is 0 Å². The van der Waals surface area contributed by atoms with Gasteiger partial charge in [0.25, 0.3) is 5.91 Å². The molecule has 1 aliphatic heterocycles. The second-order valence-electron chi connectivity index (χ2n) is 6.53. The first-order chi connectivity index (χ1) is 12.2. The zero-order chi connectivity index (χ0) is 19.1. The molecule has 1 saturated heterocycles. The molecule has 0 atom stereocenters. The fourth-order valence-corrected chi connectivity index (χ4v) is 5.08. The van der Waals surface area contributed by atoms with Crippen molar-refractivity contribution in [3.05, 3.63) is 34.6 Å². The van der Waals surface area contributed by atoms with Gasteiger partial charge in [-0.05, 0) is 40.2 Å². The zero-order valence-corrected chi connectivity index (χ0v) is 16.2. The van der Waals surface area contributed by atoms with Crippen LogP contribution in [0, 0.1) is 27.7 Å². The van der Waals surface area contributed by atoms with Gasteiger partial charge in [-0.15, -0.1) is 0 Å². The number of nitrogens with zero attached hydrogens (tertiary/aromatic N) is 3. The van der Waals surface area contributed by atoms with Gasteiger partial charge in [0, 0.05) is 26.2 Å². The average molecular weight is 381 g/mol. The number of aryl methyl sites for hydroxylation is 4. The van der Waals surface area contributed by atoms with Crippen molar-refractivity contribution in [1.29, 1.82) is 0 Å². The van der Waals surface area contributed by atoms with Gasteiger partial charge in [0.15, 0.2) is 5.76 Å². The van der Waals surface area contributed by atoms with Gasteiger partial charge in [0.2, 0.25) is 10.0 Å². The summed E-state index contributed by atoms with van der Waals surface area (Å²) in [7, 11) is -3.70. The highest BCUT2D eigenvalue weighted by Gasteiger charge is 2.33. The highest BCUT2D eigenvalue weighted by Crippen LogP contribution is 2.25. The molecule has 0 unspecified atom stereocenters. The maximum atomic E-state index is 13.0. The normalized spacial score (nSPS) is 16.7. The fraction of sp³-hybridized carbons (Fsp3) is 0.529. The molecule has 0 radical (unpaired) electrons. The fourth-order valence-electron chi connectivity index (χ4n) is 3.32. The minimum Gasteiger partial charge on any atom is -0.466 e. The van der Waals surface area contributed by atoms with Crippen LogP contribution in [-0.2, 0) is 10.0 Å². The van der Waals surface area contributed by atoms with Crippen LogP contribution in [-0.4, -0.2) is 54.9 Å². The van der Waals surface area contributed by atoms with E-state index < -0.39 is 10.0 Å². The van der Waals surface area contributed by atoms with E-state index in [0.717, 1.165) is 0 Å². The van der Waals surface area contributed by atoms with Crippen molar-refractivity contribution in [2.75, 3.05) is 26.2 Å². The van der Waals surface area contributed by atoms with Gasteiger partial charge < -0.3 is 13.8 Å². The molecule has 3 heterocycles. The minimum atomic E-state index is -3.70. The Morgan fingerprint density at radius 2 is 1.81 bits per heavy atom. The standard InChI is InChI=1S/C17H23N3O5S/c1-11-10-15(13(3)24-11)17(21)19-6-5-7-20(9-8-19)26(22,23)16-12(2)18-25-14(16)4/h10H,5-9H2,1-4H3. The SMILES string of the molecule is Cc1cc(C(=O)N2CCCN(S(=O)(=O)c3c(C)noc3C)CC2)c(C)o1. The zero-order valence-electron chi connectivity index (χ0n) is 15.4. The summed E-state index contributed by atoms with van der Waals surface area (Å²) in [5, 5.41) is 3.74. The molecule has 142 valence electrons. The summed E-state index contributed by atoms with van der Waals surface area (Å²) >= 11 is 0. The van der Waals surface area contributed by atoms with Crippen molar-refractivity contribution in [3.63, 3.8) is 0 Å². The molecule has 3 rings (SSSR count). The highest BCUT2D eigenvalue weighted by atomic mass is 32.2. The Morgan fingerprint density at radius 3 is 2.38 bits per heavy atom. The van der Waals surface area contributed by atoms with Gasteiger partial charge in [0.05, 0.1) is 5.56 Å². The number of hydrogen-bond acceptors (Lipinski definition) is 6. The summed E-state index contributed by atoms with van der Waals surface area (Å²) in [5.74, 6) is 1.42. The molecule has 1 fully saturated rings. The lowest BCUT2D eigenvalue weighted by atomic mass is 10.2. The van der Waals surface area contributed by atoms with E-state index in [1.54, 1.807) is 38.7 Å². The molecule has 1 amide bonds. The van der Waals surface area contributed by atoms with E-state index in [-0.39, 0.29) is 23.1 Å². The second kappa shape index (κ2) is 6.88. The quantitative estimate of drug-likeness (QED) is 0.807. The largest absolute Gasteiger partial charge is 0.466 e. The first kappa shape index (κ1) is 18.7. The maximum absolute atomic E-state index is 13.0. The number of hydrogen-bond donors (Lipinski definition) is 0. The van der Waals surface area contributed by atoms with E-state index in [9.17, 15) is 13.2 Å². The predicted octanol–water partition coefficient (Wildman–Crippen LogP) is 2.04. The van der Waals surface area contributed by atoms with Crippen LogP contribution in [0.1, 0.15) is 39.8 Å². The van der Waals surface area contributed by atoms with Crippen molar-refractivity contribution >= 4 is 15.9 Å².